The summed E-state index contributed by atoms with van der Waals surface area (Å²) in [5, 5.41) is 17.7. The Morgan fingerprint density at radius 1 is 1.53 bits per heavy atom. The first kappa shape index (κ1) is 13.5. The molecule has 2 amide bonds. The molecule has 96 valence electrons. The number of hydrogen-bond donors (Lipinski definition) is 3. The highest BCUT2D eigenvalue weighted by atomic mass is 16.5. The molecular weight excluding hydrogens is 222 g/mol. The zero-order valence-corrected chi connectivity index (χ0v) is 10.4. The van der Waals surface area contributed by atoms with Gasteiger partial charge in [0.25, 0.3) is 0 Å². The Bertz CT molecular complexity index is 357. The van der Waals surface area contributed by atoms with E-state index in [1.807, 2.05) is 20.8 Å². The molecule has 1 aromatic rings. The average molecular weight is 241 g/mol. The van der Waals surface area contributed by atoms with Gasteiger partial charge in [-0.15, -0.1) is 0 Å². The van der Waals surface area contributed by atoms with E-state index < -0.39 is 0 Å². The summed E-state index contributed by atoms with van der Waals surface area (Å²) in [4.78, 5) is 11.3. The van der Waals surface area contributed by atoms with Gasteiger partial charge in [-0.3, -0.25) is 0 Å². The van der Waals surface area contributed by atoms with Gasteiger partial charge in [0.15, 0.2) is 0 Å². The van der Waals surface area contributed by atoms with Gasteiger partial charge in [-0.2, -0.15) is 0 Å². The number of amides is 2. The van der Waals surface area contributed by atoms with Crippen LogP contribution in [0.15, 0.2) is 4.52 Å². The predicted octanol–water partition coefficient (Wildman–Crippen LogP) is 0.514. The van der Waals surface area contributed by atoms with E-state index >= 15 is 0 Å². The second-order valence-corrected chi connectivity index (χ2v) is 4.03. The lowest BCUT2D eigenvalue weighted by atomic mass is 10.1. The summed E-state index contributed by atoms with van der Waals surface area (Å²) >= 11 is 0. The van der Waals surface area contributed by atoms with E-state index in [9.17, 15) is 4.79 Å². The summed E-state index contributed by atoms with van der Waals surface area (Å²) in [6.45, 7) is 5.83. The van der Waals surface area contributed by atoms with Crippen LogP contribution in [-0.4, -0.2) is 35.5 Å². The minimum atomic E-state index is -0.279. The maximum absolute atomic E-state index is 11.3. The molecule has 1 unspecified atom stereocenters. The third-order valence-corrected chi connectivity index (χ3v) is 2.47. The van der Waals surface area contributed by atoms with E-state index in [1.165, 1.54) is 0 Å². The number of aliphatic hydroxyl groups is 1. The quantitative estimate of drug-likeness (QED) is 0.701. The first-order valence-corrected chi connectivity index (χ1v) is 5.61. The highest BCUT2D eigenvalue weighted by Gasteiger charge is 2.14. The lowest BCUT2D eigenvalue weighted by Crippen LogP contribution is -2.42. The van der Waals surface area contributed by atoms with E-state index in [1.54, 1.807) is 0 Å². The van der Waals surface area contributed by atoms with Gasteiger partial charge in [-0.05, 0) is 27.2 Å². The molecule has 0 fully saturated rings. The van der Waals surface area contributed by atoms with E-state index in [0.29, 0.717) is 6.42 Å². The van der Waals surface area contributed by atoms with Crippen molar-refractivity contribution in [3.05, 3.63) is 17.0 Å². The molecule has 0 aliphatic rings. The number of nitrogens with zero attached hydrogens (tertiary/aromatic N) is 1. The normalized spacial score (nSPS) is 12.2. The van der Waals surface area contributed by atoms with Crippen LogP contribution in [0.25, 0.3) is 0 Å². The number of aryl methyl sites for hydroxylation is 2. The largest absolute Gasteiger partial charge is 0.395 e. The lowest BCUT2D eigenvalue weighted by Gasteiger charge is -2.14. The summed E-state index contributed by atoms with van der Waals surface area (Å²) in [6.07, 6.45) is 0.674. The second-order valence-electron chi connectivity index (χ2n) is 4.03. The molecule has 0 aliphatic heterocycles. The Hall–Kier alpha value is -1.56. The monoisotopic (exact) mass is 241 g/mol. The Morgan fingerprint density at radius 3 is 2.76 bits per heavy atom. The number of urea groups is 1. The minimum Gasteiger partial charge on any atom is -0.395 e. The van der Waals surface area contributed by atoms with Gasteiger partial charge in [0.1, 0.15) is 5.76 Å². The molecule has 0 spiro atoms. The maximum Gasteiger partial charge on any atom is 0.315 e. The Morgan fingerprint density at radius 2 is 2.24 bits per heavy atom. The van der Waals surface area contributed by atoms with Gasteiger partial charge in [0.2, 0.25) is 0 Å². The molecular formula is C11H19N3O3. The van der Waals surface area contributed by atoms with Crippen molar-refractivity contribution in [2.45, 2.75) is 33.2 Å². The molecule has 0 aromatic carbocycles. The van der Waals surface area contributed by atoms with E-state index in [4.69, 9.17) is 9.63 Å². The Labute approximate surface area is 100 Å². The smallest absolute Gasteiger partial charge is 0.315 e. The van der Waals surface area contributed by atoms with Crippen LogP contribution in [0.3, 0.4) is 0 Å². The van der Waals surface area contributed by atoms with Crippen LogP contribution in [0, 0.1) is 13.8 Å². The number of rotatable bonds is 5. The number of carbonyl (C=O) groups is 1. The third-order valence-electron chi connectivity index (χ3n) is 2.47. The van der Waals surface area contributed by atoms with Gasteiger partial charge in [0.05, 0.1) is 12.3 Å². The molecule has 3 N–H and O–H groups in total. The molecule has 6 nitrogen and oxygen atoms in total. The number of carbonyl (C=O) groups excluding carboxylic acids is 1. The zero-order chi connectivity index (χ0) is 12.8. The molecule has 17 heavy (non-hydrogen) atoms. The van der Waals surface area contributed by atoms with Crippen molar-refractivity contribution in [1.29, 1.82) is 0 Å². The van der Waals surface area contributed by atoms with E-state index in [2.05, 4.69) is 15.8 Å². The summed E-state index contributed by atoms with van der Waals surface area (Å²) in [5.74, 6) is 0.784. The first-order chi connectivity index (χ1) is 8.04. The van der Waals surface area contributed by atoms with Crippen molar-refractivity contribution in [2.75, 3.05) is 13.2 Å². The lowest BCUT2D eigenvalue weighted by molar-refractivity contribution is 0.231. The topological polar surface area (TPSA) is 87.4 Å². The van der Waals surface area contributed by atoms with Crippen molar-refractivity contribution in [2.24, 2.45) is 0 Å². The summed E-state index contributed by atoms with van der Waals surface area (Å²) in [6, 6.07) is -0.302. The van der Waals surface area contributed by atoms with E-state index in [-0.39, 0.29) is 25.2 Å². The van der Waals surface area contributed by atoms with Crippen molar-refractivity contribution in [3.8, 4) is 0 Å². The number of aromatic nitrogens is 1. The van der Waals surface area contributed by atoms with Crippen LogP contribution in [0.1, 0.15) is 23.9 Å². The molecule has 1 rings (SSSR count). The standard InChI is InChI=1S/C11H19N3O3/c1-7(13-11(16)12-4-5-15)6-10-8(2)14-17-9(10)3/h7,15H,4-6H2,1-3H3,(H2,12,13,16). The van der Waals surface area contributed by atoms with Crippen LogP contribution >= 0.6 is 0 Å². The van der Waals surface area contributed by atoms with Crippen LogP contribution in [0.5, 0.6) is 0 Å². The number of hydrogen-bond acceptors (Lipinski definition) is 4. The third kappa shape index (κ3) is 4.07. The highest BCUT2D eigenvalue weighted by molar-refractivity contribution is 5.74. The fourth-order valence-corrected chi connectivity index (χ4v) is 1.59. The first-order valence-electron chi connectivity index (χ1n) is 5.61. The minimum absolute atomic E-state index is 0.0227. The van der Waals surface area contributed by atoms with Gasteiger partial charge in [0, 0.05) is 18.2 Å². The van der Waals surface area contributed by atoms with Crippen LogP contribution < -0.4 is 10.6 Å². The maximum atomic E-state index is 11.3. The highest BCUT2D eigenvalue weighted by Crippen LogP contribution is 2.14. The predicted molar refractivity (Wildman–Crippen MR) is 62.8 cm³/mol. The van der Waals surface area contributed by atoms with Crippen LogP contribution in [0.4, 0.5) is 4.79 Å². The van der Waals surface area contributed by atoms with E-state index in [0.717, 1.165) is 17.0 Å². The molecule has 0 saturated carbocycles. The van der Waals surface area contributed by atoms with Crippen molar-refractivity contribution < 1.29 is 14.4 Å². The fourth-order valence-electron chi connectivity index (χ4n) is 1.59. The molecule has 0 aliphatic carbocycles. The summed E-state index contributed by atoms with van der Waals surface area (Å²) in [7, 11) is 0. The van der Waals surface area contributed by atoms with Crippen molar-refractivity contribution >= 4 is 6.03 Å². The zero-order valence-electron chi connectivity index (χ0n) is 10.4. The van der Waals surface area contributed by atoms with Gasteiger partial charge >= 0.3 is 6.03 Å². The SMILES string of the molecule is Cc1noc(C)c1CC(C)NC(=O)NCCO. The molecule has 1 aromatic heterocycles. The van der Waals surface area contributed by atoms with Gasteiger partial charge < -0.3 is 20.3 Å². The van der Waals surface area contributed by atoms with Crippen LogP contribution in [0.2, 0.25) is 0 Å². The van der Waals surface area contributed by atoms with Gasteiger partial charge in [-0.1, -0.05) is 5.16 Å². The fraction of sp³-hybridized carbons (Fsp3) is 0.636. The van der Waals surface area contributed by atoms with Gasteiger partial charge in [-0.25, -0.2) is 4.79 Å². The van der Waals surface area contributed by atoms with Crippen molar-refractivity contribution in [1.82, 2.24) is 15.8 Å². The number of nitrogens with one attached hydrogen (secondary N) is 2. The molecule has 0 radical (unpaired) electrons. The molecule has 1 heterocycles. The summed E-state index contributed by atoms with van der Waals surface area (Å²) < 4.78 is 5.05. The average Bonchev–Trinajstić information content (AvgIpc) is 2.58. The summed E-state index contributed by atoms with van der Waals surface area (Å²) in [5.41, 5.74) is 1.88. The Balaban J connectivity index is 2.44. The van der Waals surface area contributed by atoms with Crippen molar-refractivity contribution in [3.63, 3.8) is 0 Å². The molecule has 0 saturated heterocycles. The molecule has 6 heteroatoms. The number of aliphatic hydroxyl groups excluding tert-OH is 1. The second kappa shape index (κ2) is 6.24. The van der Waals surface area contributed by atoms with Crippen LogP contribution in [-0.2, 0) is 6.42 Å². The Kier molecular flexibility index (Phi) is 4.96. The molecule has 0 bridgehead atoms. The molecule has 1 atom stereocenters.